The van der Waals surface area contributed by atoms with Crippen molar-refractivity contribution >= 4 is 35.0 Å². The molecular weight excluding hydrogens is 368 g/mol. The second-order valence-electron chi connectivity index (χ2n) is 6.02. The number of anilines is 1. The van der Waals surface area contributed by atoms with Crippen molar-refractivity contribution < 1.29 is 18.7 Å². The molecule has 1 aromatic heterocycles. The second kappa shape index (κ2) is 8.01. The third kappa shape index (κ3) is 3.39. The van der Waals surface area contributed by atoms with E-state index in [4.69, 9.17) is 0 Å². The topological polar surface area (TPSA) is 74.6 Å². The Morgan fingerprint density at radius 2 is 1.96 bits per heavy atom. The predicted octanol–water partition coefficient (Wildman–Crippen LogP) is 2.22. The fourth-order valence-corrected chi connectivity index (χ4v) is 3.22. The molecule has 0 saturated carbocycles. The van der Waals surface area contributed by atoms with Crippen LogP contribution in [0.5, 0.6) is 0 Å². The van der Waals surface area contributed by atoms with Crippen LogP contribution in [0.1, 0.15) is 23.7 Å². The summed E-state index contributed by atoms with van der Waals surface area (Å²) in [5, 5.41) is 12.1. The molecule has 1 fully saturated rings. The molecule has 1 aliphatic rings. The van der Waals surface area contributed by atoms with Crippen LogP contribution in [0, 0.1) is 11.6 Å². The van der Waals surface area contributed by atoms with Gasteiger partial charge in [-0.25, -0.2) is 13.6 Å². The number of rotatable bonds is 4. The van der Waals surface area contributed by atoms with Crippen LogP contribution in [-0.2, 0) is 6.54 Å². The van der Waals surface area contributed by atoms with Crippen molar-refractivity contribution in [3.8, 4) is 0 Å². The lowest BCUT2D eigenvalue weighted by atomic mass is 10.1. The van der Waals surface area contributed by atoms with Gasteiger partial charge in [0.1, 0.15) is 17.1 Å². The first-order valence-corrected chi connectivity index (χ1v) is 8.19. The number of benzene rings is 1. The van der Waals surface area contributed by atoms with Crippen LogP contribution in [0.3, 0.4) is 0 Å². The maximum absolute atomic E-state index is 15.2. The van der Waals surface area contributed by atoms with Crippen LogP contribution >= 0.6 is 12.4 Å². The summed E-state index contributed by atoms with van der Waals surface area (Å²) < 4.78 is 31.2. The summed E-state index contributed by atoms with van der Waals surface area (Å²) in [6.45, 7) is 4.28. The summed E-state index contributed by atoms with van der Waals surface area (Å²) >= 11 is 0. The number of nitrogens with zero attached hydrogens (tertiary/aromatic N) is 2. The minimum atomic E-state index is -1.41. The zero-order chi connectivity index (χ0) is 18.1. The van der Waals surface area contributed by atoms with E-state index in [0.717, 1.165) is 12.3 Å². The van der Waals surface area contributed by atoms with E-state index >= 15 is 4.39 Å². The number of pyridine rings is 1. The average Bonchev–Trinajstić information content (AvgIpc) is 2.58. The lowest BCUT2D eigenvalue weighted by Gasteiger charge is -2.30. The predicted molar refractivity (Wildman–Crippen MR) is 97.7 cm³/mol. The summed E-state index contributed by atoms with van der Waals surface area (Å²) in [6, 6.07) is 0.955. The summed E-state index contributed by atoms with van der Waals surface area (Å²) in [7, 11) is 0. The maximum Gasteiger partial charge on any atom is 0.341 e. The van der Waals surface area contributed by atoms with Gasteiger partial charge in [0.25, 0.3) is 0 Å². The summed E-state index contributed by atoms with van der Waals surface area (Å²) in [4.78, 5) is 25.3. The molecule has 0 spiro atoms. The molecule has 1 aliphatic heterocycles. The number of halogens is 3. The highest BCUT2D eigenvalue weighted by Gasteiger charge is 2.25. The Balaban J connectivity index is 0.00000243. The summed E-state index contributed by atoms with van der Waals surface area (Å²) in [5.41, 5.74) is -1.58. The SMILES string of the molecule is CCCn1cc(C(=O)O)c(=O)c2cc(F)c(N3CCNCC3)c(F)c21.Cl. The molecule has 0 aliphatic carbocycles. The number of aromatic nitrogens is 1. The second-order valence-corrected chi connectivity index (χ2v) is 6.02. The average molecular weight is 388 g/mol. The lowest BCUT2D eigenvalue weighted by molar-refractivity contribution is 0.0694. The van der Waals surface area contributed by atoms with E-state index in [1.807, 2.05) is 6.92 Å². The first kappa shape index (κ1) is 20.1. The minimum absolute atomic E-state index is 0. The van der Waals surface area contributed by atoms with E-state index < -0.39 is 28.6 Å². The van der Waals surface area contributed by atoms with Crippen LogP contribution in [0.15, 0.2) is 17.1 Å². The van der Waals surface area contributed by atoms with Crippen LogP contribution < -0.4 is 15.6 Å². The van der Waals surface area contributed by atoms with Crippen molar-refractivity contribution in [3.05, 3.63) is 39.7 Å². The van der Waals surface area contributed by atoms with Crippen LogP contribution in [0.25, 0.3) is 10.9 Å². The van der Waals surface area contributed by atoms with Crippen molar-refractivity contribution in [1.29, 1.82) is 0 Å². The molecule has 0 radical (unpaired) electrons. The Morgan fingerprint density at radius 1 is 1.31 bits per heavy atom. The smallest absolute Gasteiger partial charge is 0.341 e. The van der Waals surface area contributed by atoms with Crippen LogP contribution in [0.2, 0.25) is 0 Å². The molecule has 142 valence electrons. The number of aryl methyl sites for hydroxylation is 1. The first-order valence-electron chi connectivity index (χ1n) is 8.19. The molecule has 3 rings (SSSR count). The Kier molecular flexibility index (Phi) is 6.20. The van der Waals surface area contributed by atoms with Gasteiger partial charge in [0, 0.05) is 38.9 Å². The summed E-state index contributed by atoms with van der Waals surface area (Å²) in [5.74, 6) is -3.09. The van der Waals surface area contributed by atoms with Crippen LogP contribution in [-0.4, -0.2) is 41.8 Å². The number of fused-ring (bicyclic) bond motifs is 1. The van der Waals surface area contributed by atoms with Gasteiger partial charge in [0.2, 0.25) is 5.43 Å². The lowest BCUT2D eigenvalue weighted by Crippen LogP contribution is -2.44. The van der Waals surface area contributed by atoms with Crippen molar-refractivity contribution in [3.63, 3.8) is 0 Å². The Morgan fingerprint density at radius 3 is 2.54 bits per heavy atom. The molecular formula is C17H20ClF2N3O3. The van der Waals surface area contributed by atoms with Crippen molar-refractivity contribution in [2.45, 2.75) is 19.9 Å². The number of carboxylic acids is 1. The van der Waals surface area contributed by atoms with E-state index in [1.54, 1.807) is 4.90 Å². The number of nitrogens with one attached hydrogen (secondary N) is 1. The zero-order valence-corrected chi connectivity index (χ0v) is 15.0. The molecule has 1 saturated heterocycles. The molecule has 0 unspecified atom stereocenters. The fraction of sp³-hybridized carbons (Fsp3) is 0.412. The largest absolute Gasteiger partial charge is 0.477 e. The first-order chi connectivity index (χ1) is 12.0. The monoisotopic (exact) mass is 387 g/mol. The van der Waals surface area contributed by atoms with Crippen molar-refractivity contribution in [1.82, 2.24) is 9.88 Å². The van der Waals surface area contributed by atoms with E-state index in [9.17, 15) is 19.1 Å². The zero-order valence-electron chi connectivity index (χ0n) is 14.2. The third-order valence-corrected chi connectivity index (χ3v) is 4.36. The highest BCUT2D eigenvalue weighted by Crippen LogP contribution is 2.30. The highest BCUT2D eigenvalue weighted by molar-refractivity contribution is 5.93. The van der Waals surface area contributed by atoms with Crippen LogP contribution in [0.4, 0.5) is 14.5 Å². The Bertz CT molecular complexity index is 895. The van der Waals surface area contributed by atoms with E-state index in [1.165, 1.54) is 4.57 Å². The van der Waals surface area contributed by atoms with Gasteiger partial charge in [-0.05, 0) is 12.5 Å². The van der Waals surface area contributed by atoms with E-state index in [0.29, 0.717) is 39.1 Å². The van der Waals surface area contributed by atoms with Crippen molar-refractivity contribution in [2.24, 2.45) is 0 Å². The van der Waals surface area contributed by atoms with Gasteiger partial charge in [-0.3, -0.25) is 4.79 Å². The molecule has 0 bridgehead atoms. The molecule has 1 aromatic carbocycles. The number of hydrogen-bond acceptors (Lipinski definition) is 4. The number of hydrogen-bond donors (Lipinski definition) is 2. The van der Waals surface area contributed by atoms with E-state index in [-0.39, 0.29) is 29.0 Å². The molecule has 2 N–H and O–H groups in total. The molecule has 2 aromatic rings. The molecule has 9 heteroatoms. The van der Waals surface area contributed by atoms with Crippen molar-refractivity contribution in [2.75, 3.05) is 31.1 Å². The molecule has 26 heavy (non-hydrogen) atoms. The van der Waals surface area contributed by atoms with Gasteiger partial charge in [-0.2, -0.15) is 0 Å². The number of piperazine rings is 1. The molecule has 2 heterocycles. The molecule has 0 amide bonds. The third-order valence-electron chi connectivity index (χ3n) is 4.36. The maximum atomic E-state index is 15.2. The Hall–Kier alpha value is -2.19. The number of carbonyl (C=O) groups is 1. The molecule has 0 atom stereocenters. The number of aromatic carboxylic acids is 1. The quantitative estimate of drug-likeness (QED) is 0.841. The van der Waals surface area contributed by atoms with Gasteiger partial charge in [0.05, 0.1) is 10.9 Å². The van der Waals surface area contributed by atoms with Gasteiger partial charge < -0.3 is 19.9 Å². The number of carboxylic acid groups (broad SMARTS) is 1. The van der Waals surface area contributed by atoms with Gasteiger partial charge in [-0.15, -0.1) is 12.4 Å². The molecule has 6 nitrogen and oxygen atoms in total. The van der Waals surface area contributed by atoms with E-state index in [2.05, 4.69) is 5.32 Å². The summed E-state index contributed by atoms with van der Waals surface area (Å²) in [6.07, 6.45) is 1.75. The van der Waals surface area contributed by atoms with Gasteiger partial charge >= 0.3 is 5.97 Å². The minimum Gasteiger partial charge on any atom is -0.477 e. The Labute approximate surface area is 154 Å². The highest BCUT2D eigenvalue weighted by atomic mass is 35.5. The fourth-order valence-electron chi connectivity index (χ4n) is 3.22. The van der Waals surface area contributed by atoms with Gasteiger partial charge in [0.15, 0.2) is 5.82 Å². The van der Waals surface area contributed by atoms with Gasteiger partial charge in [-0.1, -0.05) is 6.92 Å². The normalized spacial score (nSPS) is 14.3. The standard InChI is InChI=1S/C17H19F2N3O3.ClH/c1-2-5-22-9-11(17(24)25)16(23)10-8-12(18)15(13(19)14(10)22)21-6-3-20-4-7-21;/h8-9,20H,2-7H2,1H3,(H,24,25);1H.